The number of halogens is 2. The number of anilines is 1. The molecular weight excluding hydrogens is 659 g/mol. The number of nitrogens with one attached hydrogen (secondary N) is 1. The molecule has 6 heterocycles. The maximum Gasteiger partial charge on any atom is 0.257 e. The van der Waals surface area contributed by atoms with Gasteiger partial charge in [0.05, 0.1) is 46.4 Å². The highest BCUT2D eigenvalue weighted by Crippen LogP contribution is 2.51. The predicted octanol–water partition coefficient (Wildman–Crippen LogP) is 8.18. The van der Waals surface area contributed by atoms with Crippen molar-refractivity contribution in [3.8, 4) is 27.6 Å². The minimum atomic E-state index is -0.363. The Hall–Kier alpha value is -5.23. The fourth-order valence-corrected chi connectivity index (χ4v) is 9.09. The van der Waals surface area contributed by atoms with Crippen LogP contribution in [0, 0.1) is 18.6 Å². The van der Waals surface area contributed by atoms with Crippen LogP contribution < -0.4 is 10.1 Å². The summed E-state index contributed by atoms with van der Waals surface area (Å²) in [6.07, 6.45) is 6.00. The molecule has 9 nitrogen and oxygen atoms in total. The first-order valence-electron chi connectivity index (χ1n) is 16.8. The highest BCUT2D eigenvalue weighted by atomic mass is 32.1. The van der Waals surface area contributed by atoms with Gasteiger partial charge in [-0.3, -0.25) is 9.78 Å². The summed E-state index contributed by atoms with van der Waals surface area (Å²) in [5.41, 5.74) is 6.14. The number of amides is 1. The highest BCUT2D eigenvalue weighted by Gasteiger charge is 2.45. The van der Waals surface area contributed by atoms with Crippen LogP contribution in [0.15, 0.2) is 59.1 Å². The SMILES string of the molecule is COc1c(F)ccc2c1CC[C@H]2Nc1nccc2cc(-c3c4c(nc(CCc5cccc(F)c5)c3-c3nnc(C)o3)[C@@H]3CCCN3C4=O)sc12. The van der Waals surface area contributed by atoms with Crippen LogP contribution >= 0.6 is 11.3 Å². The lowest BCUT2D eigenvalue weighted by molar-refractivity contribution is 0.0776. The lowest BCUT2D eigenvalue weighted by Crippen LogP contribution is -2.22. The van der Waals surface area contributed by atoms with Gasteiger partial charge in [0.15, 0.2) is 11.6 Å². The third-order valence-corrected chi connectivity index (χ3v) is 11.3. The number of hydrogen-bond donors (Lipinski definition) is 1. The van der Waals surface area contributed by atoms with Crippen molar-refractivity contribution in [3.05, 3.63) is 106 Å². The monoisotopic (exact) mass is 690 g/mol. The van der Waals surface area contributed by atoms with E-state index in [-0.39, 0.29) is 29.6 Å². The van der Waals surface area contributed by atoms with Gasteiger partial charge in [0.25, 0.3) is 5.91 Å². The minimum absolute atomic E-state index is 0.0446. The largest absolute Gasteiger partial charge is 0.493 e. The lowest BCUT2D eigenvalue weighted by Gasteiger charge is -2.16. The molecule has 0 radical (unpaired) electrons. The zero-order valence-electron chi connectivity index (χ0n) is 27.4. The molecule has 1 amide bonds. The first-order chi connectivity index (χ1) is 24.4. The van der Waals surface area contributed by atoms with Gasteiger partial charge in [0.2, 0.25) is 11.8 Å². The molecule has 50 heavy (non-hydrogen) atoms. The zero-order chi connectivity index (χ0) is 34.1. The number of fused-ring (bicyclic) bond motifs is 5. The van der Waals surface area contributed by atoms with Crippen LogP contribution in [0.1, 0.15) is 75.7 Å². The molecule has 12 heteroatoms. The lowest BCUT2D eigenvalue weighted by atomic mass is 9.93. The van der Waals surface area contributed by atoms with Crippen molar-refractivity contribution in [2.24, 2.45) is 0 Å². The highest BCUT2D eigenvalue weighted by molar-refractivity contribution is 7.23. The van der Waals surface area contributed by atoms with Crippen LogP contribution in [0.25, 0.3) is 32.0 Å². The van der Waals surface area contributed by atoms with Gasteiger partial charge in [-0.1, -0.05) is 18.2 Å². The molecule has 1 aliphatic carbocycles. The number of ether oxygens (including phenoxy) is 1. The summed E-state index contributed by atoms with van der Waals surface area (Å²) in [4.78, 5) is 26.9. The van der Waals surface area contributed by atoms with Crippen molar-refractivity contribution in [1.82, 2.24) is 25.1 Å². The summed E-state index contributed by atoms with van der Waals surface area (Å²) in [5.74, 6) is 0.994. The molecule has 1 N–H and O–H groups in total. The second-order valence-corrected chi connectivity index (χ2v) is 14.1. The van der Waals surface area contributed by atoms with Gasteiger partial charge in [-0.25, -0.2) is 13.8 Å². The third kappa shape index (κ3) is 4.95. The first kappa shape index (κ1) is 30.8. The van der Waals surface area contributed by atoms with Crippen LogP contribution in [-0.2, 0) is 19.3 Å². The summed E-state index contributed by atoms with van der Waals surface area (Å²) < 4.78 is 41.0. The molecule has 2 aromatic carbocycles. The molecule has 0 unspecified atom stereocenters. The average Bonchev–Trinajstić information content (AvgIpc) is 3.95. The van der Waals surface area contributed by atoms with Crippen LogP contribution in [0.3, 0.4) is 0 Å². The van der Waals surface area contributed by atoms with Crippen molar-refractivity contribution >= 4 is 33.1 Å². The molecule has 9 rings (SSSR count). The molecular formula is C38H32F2N6O3S. The molecule has 252 valence electrons. The number of benzene rings is 2. The molecule has 6 aromatic rings. The van der Waals surface area contributed by atoms with E-state index < -0.39 is 0 Å². The number of methoxy groups -OCH3 is 1. The maximum absolute atomic E-state index is 14.5. The van der Waals surface area contributed by atoms with Crippen LogP contribution in [-0.4, -0.2) is 44.6 Å². The second kappa shape index (κ2) is 12.0. The van der Waals surface area contributed by atoms with Crippen molar-refractivity contribution in [2.75, 3.05) is 19.0 Å². The summed E-state index contributed by atoms with van der Waals surface area (Å²) in [5, 5.41) is 13.2. The van der Waals surface area contributed by atoms with E-state index in [1.54, 1.807) is 30.5 Å². The van der Waals surface area contributed by atoms with E-state index in [2.05, 4.69) is 21.6 Å². The average molecular weight is 691 g/mol. The number of aromatic nitrogens is 4. The van der Waals surface area contributed by atoms with E-state index in [1.807, 2.05) is 23.1 Å². The molecule has 1 fully saturated rings. The molecule has 2 atom stereocenters. The van der Waals surface area contributed by atoms with E-state index in [9.17, 15) is 13.6 Å². The Bertz CT molecular complexity index is 2340. The molecule has 4 aromatic heterocycles. The van der Waals surface area contributed by atoms with E-state index in [0.29, 0.717) is 60.3 Å². The fraction of sp³-hybridized carbons (Fsp3) is 0.289. The quantitative estimate of drug-likeness (QED) is 0.171. The number of thiophene rings is 1. The van der Waals surface area contributed by atoms with Gasteiger partial charge < -0.3 is 19.4 Å². The molecule has 0 saturated carbocycles. The van der Waals surface area contributed by atoms with Crippen LogP contribution in [0.2, 0.25) is 0 Å². The van der Waals surface area contributed by atoms with Gasteiger partial charge in [0.1, 0.15) is 11.6 Å². The molecule has 0 spiro atoms. The zero-order valence-corrected chi connectivity index (χ0v) is 28.2. The number of rotatable bonds is 8. The Morgan fingerprint density at radius 2 is 1.96 bits per heavy atom. The van der Waals surface area contributed by atoms with Gasteiger partial charge >= 0.3 is 0 Å². The summed E-state index contributed by atoms with van der Waals surface area (Å²) in [6, 6.07) is 13.7. The van der Waals surface area contributed by atoms with Gasteiger partial charge in [-0.15, -0.1) is 21.5 Å². The molecule has 1 saturated heterocycles. The third-order valence-electron chi connectivity index (χ3n) is 10.1. The predicted molar refractivity (Wildman–Crippen MR) is 185 cm³/mol. The number of carbonyl (C=O) groups is 1. The second-order valence-electron chi connectivity index (χ2n) is 13.1. The number of nitrogens with zero attached hydrogens (tertiary/aromatic N) is 5. The minimum Gasteiger partial charge on any atom is -0.493 e. The van der Waals surface area contributed by atoms with Gasteiger partial charge in [0, 0.05) is 35.7 Å². The van der Waals surface area contributed by atoms with E-state index in [1.165, 1.54) is 25.3 Å². The number of carbonyl (C=O) groups excluding carboxylic acids is 1. The maximum atomic E-state index is 14.5. The van der Waals surface area contributed by atoms with E-state index in [4.69, 9.17) is 19.1 Å². The number of aryl methyl sites for hydroxylation is 3. The Labute approximate surface area is 290 Å². The van der Waals surface area contributed by atoms with E-state index in [0.717, 1.165) is 67.9 Å². The smallest absolute Gasteiger partial charge is 0.257 e. The Balaban J connectivity index is 1.20. The first-order valence-corrected chi connectivity index (χ1v) is 17.6. The standard InChI is InChI=1S/C38H32F2N6O3S/c1-19-44-45-37(49-19)30-27(12-8-20-5-3-6-22(39)17-20)42-33-28-7-4-16-46(28)38(47)32(33)31(30)29-18-21-14-15-41-36(35(21)50-29)43-26-13-10-24-23(26)9-11-25(40)34(24)48-2/h3,5-6,9,11,14-15,17-18,26,28H,4,7-8,10,12-13,16H2,1-2H3,(H,41,43)/t26-,28+/m1/s1. The fourth-order valence-electron chi connectivity index (χ4n) is 7.93. The summed E-state index contributed by atoms with van der Waals surface area (Å²) in [6.45, 7) is 2.41. The Kier molecular flexibility index (Phi) is 7.38. The van der Waals surface area contributed by atoms with Gasteiger partial charge in [-0.2, -0.15) is 0 Å². The van der Waals surface area contributed by atoms with Crippen molar-refractivity contribution in [2.45, 2.75) is 57.5 Å². The van der Waals surface area contributed by atoms with Crippen LogP contribution in [0.5, 0.6) is 5.75 Å². The van der Waals surface area contributed by atoms with Crippen molar-refractivity contribution in [3.63, 3.8) is 0 Å². The van der Waals surface area contributed by atoms with E-state index >= 15 is 0 Å². The van der Waals surface area contributed by atoms with Crippen molar-refractivity contribution in [1.29, 1.82) is 0 Å². The Morgan fingerprint density at radius 1 is 1.06 bits per heavy atom. The molecule has 0 bridgehead atoms. The normalized spacial score (nSPS) is 17.8. The van der Waals surface area contributed by atoms with Gasteiger partial charge in [-0.05, 0) is 85.4 Å². The van der Waals surface area contributed by atoms with Crippen molar-refractivity contribution < 1.29 is 22.7 Å². The number of pyridine rings is 2. The molecule has 3 aliphatic rings. The summed E-state index contributed by atoms with van der Waals surface area (Å²) in [7, 11) is 1.50. The Morgan fingerprint density at radius 3 is 2.78 bits per heavy atom. The summed E-state index contributed by atoms with van der Waals surface area (Å²) >= 11 is 1.54. The molecule has 2 aliphatic heterocycles. The van der Waals surface area contributed by atoms with Crippen LogP contribution in [0.4, 0.5) is 14.6 Å². The topological polar surface area (TPSA) is 106 Å². The number of hydrogen-bond acceptors (Lipinski definition) is 9.